The van der Waals surface area contributed by atoms with E-state index in [9.17, 15) is 10.1 Å². The minimum atomic E-state index is -0.334. The molecular weight excluding hydrogens is 236 g/mol. The van der Waals surface area contributed by atoms with Crippen LogP contribution >= 0.6 is 11.3 Å². The van der Waals surface area contributed by atoms with Crippen LogP contribution in [0.1, 0.15) is 32.6 Å². The molecule has 5 heteroatoms. The van der Waals surface area contributed by atoms with E-state index in [-0.39, 0.29) is 9.92 Å². The standard InChI is InChI=1S/C12H18N2O2S/c1-11(2)10(12(11,3)4)13-7-8-5-6-9(17-8)14(15)16/h5-6,10,13H,7H2,1-4H3. The molecule has 1 aliphatic carbocycles. The molecule has 0 unspecified atom stereocenters. The smallest absolute Gasteiger partial charge is 0.308 e. The van der Waals surface area contributed by atoms with Crippen LogP contribution < -0.4 is 5.32 Å². The van der Waals surface area contributed by atoms with Gasteiger partial charge in [-0.2, -0.15) is 0 Å². The van der Waals surface area contributed by atoms with Gasteiger partial charge in [-0.3, -0.25) is 10.1 Å². The molecule has 94 valence electrons. The number of hydrogen-bond acceptors (Lipinski definition) is 4. The van der Waals surface area contributed by atoms with Gasteiger partial charge in [0.1, 0.15) is 0 Å². The maximum atomic E-state index is 10.6. The Labute approximate surface area is 105 Å². The molecule has 0 radical (unpaired) electrons. The zero-order chi connectivity index (χ0) is 12.8. The summed E-state index contributed by atoms with van der Waals surface area (Å²) in [6.45, 7) is 9.72. The van der Waals surface area contributed by atoms with Crippen molar-refractivity contribution in [1.29, 1.82) is 0 Å². The van der Waals surface area contributed by atoms with Gasteiger partial charge in [-0.05, 0) is 16.9 Å². The summed E-state index contributed by atoms with van der Waals surface area (Å²) in [4.78, 5) is 11.3. The Morgan fingerprint density at radius 2 is 1.94 bits per heavy atom. The van der Waals surface area contributed by atoms with E-state index in [1.807, 2.05) is 6.07 Å². The highest BCUT2D eigenvalue weighted by atomic mass is 32.1. The number of hydrogen-bond donors (Lipinski definition) is 1. The van der Waals surface area contributed by atoms with Crippen LogP contribution in [0.3, 0.4) is 0 Å². The molecule has 0 saturated heterocycles. The van der Waals surface area contributed by atoms with Crippen molar-refractivity contribution in [2.24, 2.45) is 10.8 Å². The van der Waals surface area contributed by atoms with Gasteiger partial charge in [-0.15, -0.1) is 0 Å². The van der Waals surface area contributed by atoms with Crippen molar-refractivity contribution in [2.45, 2.75) is 40.3 Å². The minimum absolute atomic E-state index is 0.219. The molecule has 1 saturated carbocycles. The molecule has 1 aromatic heterocycles. The average molecular weight is 254 g/mol. The SMILES string of the molecule is CC1(C)C(NCc2ccc([N+](=O)[O-])s2)C1(C)C. The molecule has 0 aliphatic heterocycles. The summed E-state index contributed by atoms with van der Waals surface area (Å²) < 4.78 is 0. The monoisotopic (exact) mass is 254 g/mol. The molecule has 2 rings (SSSR count). The van der Waals surface area contributed by atoms with E-state index in [4.69, 9.17) is 0 Å². The highest BCUT2D eigenvalue weighted by Gasteiger charge is 2.64. The van der Waals surface area contributed by atoms with Crippen molar-refractivity contribution in [1.82, 2.24) is 5.32 Å². The van der Waals surface area contributed by atoms with Gasteiger partial charge >= 0.3 is 5.00 Å². The lowest BCUT2D eigenvalue weighted by Gasteiger charge is -2.03. The highest BCUT2D eigenvalue weighted by Crippen LogP contribution is 2.62. The van der Waals surface area contributed by atoms with Crippen molar-refractivity contribution in [3.63, 3.8) is 0 Å². The van der Waals surface area contributed by atoms with Gasteiger partial charge in [0.05, 0.1) is 4.92 Å². The zero-order valence-electron chi connectivity index (χ0n) is 10.6. The van der Waals surface area contributed by atoms with E-state index in [0.717, 1.165) is 11.4 Å². The number of thiophene rings is 1. The van der Waals surface area contributed by atoms with Crippen LogP contribution in [0.2, 0.25) is 0 Å². The van der Waals surface area contributed by atoms with Crippen LogP contribution in [0.15, 0.2) is 12.1 Å². The predicted molar refractivity (Wildman–Crippen MR) is 69.2 cm³/mol. The molecule has 1 aliphatic rings. The Kier molecular flexibility index (Phi) is 2.78. The summed E-state index contributed by atoms with van der Waals surface area (Å²) in [7, 11) is 0. The Balaban J connectivity index is 1.93. The van der Waals surface area contributed by atoms with Crippen molar-refractivity contribution in [3.8, 4) is 0 Å². The van der Waals surface area contributed by atoms with E-state index in [1.54, 1.807) is 6.07 Å². The third-order valence-corrected chi connectivity index (χ3v) is 5.37. The summed E-state index contributed by atoms with van der Waals surface area (Å²) in [5, 5.41) is 14.3. The summed E-state index contributed by atoms with van der Waals surface area (Å²) in [6.07, 6.45) is 0. The van der Waals surface area contributed by atoms with Crippen LogP contribution in [0.5, 0.6) is 0 Å². The van der Waals surface area contributed by atoms with E-state index in [1.165, 1.54) is 11.3 Å². The summed E-state index contributed by atoms with van der Waals surface area (Å²) in [5.41, 5.74) is 0.604. The molecule has 17 heavy (non-hydrogen) atoms. The van der Waals surface area contributed by atoms with E-state index in [2.05, 4.69) is 33.0 Å². The molecule has 0 amide bonds. The van der Waals surface area contributed by atoms with Crippen LogP contribution in [-0.4, -0.2) is 11.0 Å². The number of nitrogens with zero attached hydrogens (tertiary/aromatic N) is 1. The quantitative estimate of drug-likeness (QED) is 0.663. The number of nitro groups is 1. The lowest BCUT2D eigenvalue weighted by Crippen LogP contribution is -2.21. The van der Waals surface area contributed by atoms with Gasteiger partial charge < -0.3 is 5.32 Å². The van der Waals surface area contributed by atoms with Gasteiger partial charge in [0.15, 0.2) is 0 Å². The predicted octanol–water partition coefficient (Wildman–Crippen LogP) is 3.18. The Hall–Kier alpha value is -0.940. The molecule has 1 N–H and O–H groups in total. The second-order valence-corrected chi connectivity index (χ2v) is 6.90. The fourth-order valence-corrected chi connectivity index (χ4v) is 3.24. The average Bonchev–Trinajstić information content (AvgIpc) is 2.58. The first-order chi connectivity index (χ1) is 7.76. The first-order valence-electron chi connectivity index (χ1n) is 5.73. The second-order valence-electron chi connectivity index (χ2n) is 5.75. The van der Waals surface area contributed by atoms with Crippen LogP contribution in [-0.2, 0) is 6.54 Å². The molecule has 0 bridgehead atoms. The van der Waals surface area contributed by atoms with Gasteiger partial charge in [0, 0.05) is 23.5 Å². The van der Waals surface area contributed by atoms with Crippen molar-refractivity contribution in [3.05, 3.63) is 27.1 Å². The second kappa shape index (κ2) is 3.78. The topological polar surface area (TPSA) is 55.2 Å². The Morgan fingerprint density at radius 1 is 1.35 bits per heavy atom. The largest absolute Gasteiger partial charge is 0.324 e. The molecule has 1 heterocycles. The number of nitrogens with one attached hydrogen (secondary N) is 1. The molecule has 0 spiro atoms. The lowest BCUT2D eigenvalue weighted by molar-refractivity contribution is -0.380. The maximum Gasteiger partial charge on any atom is 0.324 e. The molecular formula is C12H18N2O2S. The van der Waals surface area contributed by atoms with E-state index in [0.29, 0.717) is 16.9 Å². The Morgan fingerprint density at radius 3 is 2.35 bits per heavy atom. The number of rotatable bonds is 4. The van der Waals surface area contributed by atoms with Crippen LogP contribution in [0, 0.1) is 20.9 Å². The summed E-state index contributed by atoms with van der Waals surface area (Å²) in [6, 6.07) is 3.89. The Bertz CT molecular complexity index is 437. The molecule has 1 fully saturated rings. The molecule has 0 aromatic carbocycles. The first-order valence-corrected chi connectivity index (χ1v) is 6.55. The van der Waals surface area contributed by atoms with E-state index >= 15 is 0 Å². The highest BCUT2D eigenvalue weighted by molar-refractivity contribution is 7.15. The van der Waals surface area contributed by atoms with Crippen molar-refractivity contribution < 1.29 is 4.92 Å². The lowest BCUT2D eigenvalue weighted by atomic mass is 10.0. The van der Waals surface area contributed by atoms with Gasteiger partial charge in [0.25, 0.3) is 0 Å². The van der Waals surface area contributed by atoms with Gasteiger partial charge in [-0.1, -0.05) is 39.0 Å². The van der Waals surface area contributed by atoms with Gasteiger partial charge in [0.2, 0.25) is 0 Å². The van der Waals surface area contributed by atoms with Crippen LogP contribution in [0.4, 0.5) is 5.00 Å². The fourth-order valence-electron chi connectivity index (χ4n) is 2.47. The van der Waals surface area contributed by atoms with Crippen LogP contribution in [0.25, 0.3) is 0 Å². The van der Waals surface area contributed by atoms with E-state index < -0.39 is 0 Å². The summed E-state index contributed by atoms with van der Waals surface area (Å²) >= 11 is 1.25. The van der Waals surface area contributed by atoms with Gasteiger partial charge in [-0.25, -0.2) is 0 Å². The van der Waals surface area contributed by atoms with Crippen molar-refractivity contribution in [2.75, 3.05) is 0 Å². The molecule has 4 nitrogen and oxygen atoms in total. The normalized spacial score (nSPS) is 21.4. The zero-order valence-corrected chi connectivity index (χ0v) is 11.4. The molecule has 1 aromatic rings. The maximum absolute atomic E-state index is 10.6. The fraction of sp³-hybridized carbons (Fsp3) is 0.667. The summed E-state index contributed by atoms with van der Waals surface area (Å²) in [5.74, 6) is 0. The van der Waals surface area contributed by atoms with Crippen molar-refractivity contribution >= 4 is 16.3 Å². The minimum Gasteiger partial charge on any atom is -0.308 e. The third-order valence-electron chi connectivity index (χ3n) is 4.33. The third kappa shape index (κ3) is 1.98. The first kappa shape index (κ1) is 12.5. The molecule has 0 atom stereocenters.